The zero-order chi connectivity index (χ0) is 8.27. The molecule has 11 heavy (non-hydrogen) atoms. The molecule has 0 radical (unpaired) electrons. The van der Waals surface area contributed by atoms with Gasteiger partial charge in [-0.15, -0.1) is 0 Å². The van der Waals surface area contributed by atoms with Crippen LogP contribution < -0.4 is 4.74 Å². The molecule has 1 aromatic rings. The monoisotopic (exact) mass is 279 g/mol. The molecular weight excluding hydrogens is 274 g/mol. The minimum Gasteiger partial charge on any atom is -0.494 e. The first-order valence-electron chi connectivity index (χ1n) is 3.18. The third-order valence-corrected chi connectivity index (χ3v) is 1.86. The molecule has 0 aliphatic heterocycles. The van der Waals surface area contributed by atoms with Crippen LogP contribution in [-0.2, 0) is 0 Å². The summed E-state index contributed by atoms with van der Waals surface area (Å²) in [5.74, 6) is 0.821. The van der Waals surface area contributed by atoms with E-state index < -0.39 is 0 Å². The Labute approximate surface area is 82.2 Å². The van der Waals surface area contributed by atoms with Crippen molar-refractivity contribution in [2.75, 3.05) is 6.61 Å². The van der Waals surface area contributed by atoms with Crippen LogP contribution in [0.25, 0.3) is 0 Å². The maximum Gasteiger partial charge on any atom is 0.124 e. The minimum absolute atomic E-state index is 0.670. The van der Waals surface area contributed by atoms with Gasteiger partial charge in [0.1, 0.15) is 15.0 Å². The van der Waals surface area contributed by atoms with Gasteiger partial charge < -0.3 is 4.74 Å². The van der Waals surface area contributed by atoms with Crippen molar-refractivity contribution >= 4 is 31.9 Å². The van der Waals surface area contributed by atoms with E-state index in [0.29, 0.717) is 6.61 Å². The Morgan fingerprint density at radius 3 is 2.36 bits per heavy atom. The molecule has 0 aliphatic carbocycles. The van der Waals surface area contributed by atoms with Crippen LogP contribution in [0.1, 0.15) is 6.92 Å². The summed E-state index contributed by atoms with van der Waals surface area (Å²) in [4.78, 5) is 4.07. The zero-order valence-corrected chi connectivity index (χ0v) is 9.15. The first-order chi connectivity index (χ1) is 5.22. The van der Waals surface area contributed by atoms with Gasteiger partial charge in [0.2, 0.25) is 0 Å². The summed E-state index contributed by atoms with van der Waals surface area (Å²) in [7, 11) is 0. The number of rotatable bonds is 2. The molecule has 2 nitrogen and oxygen atoms in total. The SMILES string of the molecule is CCOc1cc(Br)nc(Br)c1. The lowest BCUT2D eigenvalue weighted by molar-refractivity contribution is 0.339. The van der Waals surface area contributed by atoms with E-state index >= 15 is 0 Å². The van der Waals surface area contributed by atoms with E-state index in [1.807, 2.05) is 19.1 Å². The van der Waals surface area contributed by atoms with E-state index in [1.165, 1.54) is 0 Å². The number of aromatic nitrogens is 1. The average Bonchev–Trinajstić information content (AvgIpc) is 1.85. The molecule has 4 heteroatoms. The fraction of sp³-hybridized carbons (Fsp3) is 0.286. The Hall–Kier alpha value is -0.0900. The second kappa shape index (κ2) is 4.07. The summed E-state index contributed by atoms with van der Waals surface area (Å²) in [6.07, 6.45) is 0. The maximum atomic E-state index is 5.27. The van der Waals surface area contributed by atoms with Gasteiger partial charge in [0.25, 0.3) is 0 Å². The summed E-state index contributed by atoms with van der Waals surface area (Å²) in [6, 6.07) is 3.66. The Morgan fingerprint density at radius 2 is 1.91 bits per heavy atom. The van der Waals surface area contributed by atoms with Gasteiger partial charge in [-0.05, 0) is 38.8 Å². The molecule has 1 aromatic heterocycles. The van der Waals surface area contributed by atoms with Crippen LogP contribution in [-0.4, -0.2) is 11.6 Å². The largest absolute Gasteiger partial charge is 0.494 e. The first kappa shape index (κ1) is 9.00. The normalized spacial score (nSPS) is 9.73. The molecule has 0 N–H and O–H groups in total. The van der Waals surface area contributed by atoms with Crippen molar-refractivity contribution in [3.05, 3.63) is 21.3 Å². The number of hydrogen-bond donors (Lipinski definition) is 0. The molecule has 1 rings (SSSR count). The molecular formula is C7H7Br2NO. The molecule has 0 aliphatic rings. The summed E-state index contributed by atoms with van der Waals surface area (Å²) in [5, 5.41) is 0. The van der Waals surface area contributed by atoms with Gasteiger partial charge in [0.15, 0.2) is 0 Å². The van der Waals surface area contributed by atoms with Crippen molar-refractivity contribution in [3.63, 3.8) is 0 Å². The van der Waals surface area contributed by atoms with Crippen molar-refractivity contribution in [1.29, 1.82) is 0 Å². The molecule has 60 valence electrons. The molecule has 0 fully saturated rings. The smallest absolute Gasteiger partial charge is 0.124 e. The van der Waals surface area contributed by atoms with Crippen LogP contribution in [0.5, 0.6) is 5.75 Å². The number of halogens is 2. The Morgan fingerprint density at radius 1 is 1.36 bits per heavy atom. The molecule has 0 aromatic carbocycles. The van der Waals surface area contributed by atoms with Crippen LogP contribution >= 0.6 is 31.9 Å². The van der Waals surface area contributed by atoms with Gasteiger partial charge >= 0.3 is 0 Å². The quantitative estimate of drug-likeness (QED) is 0.777. The molecule has 0 bridgehead atoms. The van der Waals surface area contributed by atoms with Crippen LogP contribution in [0, 0.1) is 0 Å². The van der Waals surface area contributed by atoms with Gasteiger partial charge in [-0.25, -0.2) is 4.98 Å². The van der Waals surface area contributed by atoms with Crippen molar-refractivity contribution in [3.8, 4) is 5.75 Å². The third-order valence-electron chi connectivity index (χ3n) is 1.05. The highest BCUT2D eigenvalue weighted by Gasteiger charge is 1.97. The van der Waals surface area contributed by atoms with Gasteiger partial charge in [-0.3, -0.25) is 0 Å². The van der Waals surface area contributed by atoms with Gasteiger partial charge in [0.05, 0.1) is 6.61 Å². The lowest BCUT2D eigenvalue weighted by Gasteiger charge is -2.02. The molecule has 0 atom stereocenters. The third kappa shape index (κ3) is 2.79. The zero-order valence-electron chi connectivity index (χ0n) is 5.97. The molecule has 1 heterocycles. The predicted octanol–water partition coefficient (Wildman–Crippen LogP) is 3.01. The maximum absolute atomic E-state index is 5.27. The molecule has 0 spiro atoms. The second-order valence-corrected chi connectivity index (χ2v) is 3.51. The topological polar surface area (TPSA) is 22.1 Å². The Bertz CT molecular complexity index is 232. The molecule has 0 amide bonds. The van der Waals surface area contributed by atoms with Crippen LogP contribution in [0.2, 0.25) is 0 Å². The average molecular weight is 281 g/mol. The van der Waals surface area contributed by atoms with Crippen molar-refractivity contribution in [2.24, 2.45) is 0 Å². The predicted molar refractivity (Wildman–Crippen MR) is 50.8 cm³/mol. The highest BCUT2D eigenvalue weighted by atomic mass is 79.9. The first-order valence-corrected chi connectivity index (χ1v) is 4.77. The highest BCUT2D eigenvalue weighted by Crippen LogP contribution is 2.21. The Balaban J connectivity index is 2.89. The van der Waals surface area contributed by atoms with E-state index in [1.54, 1.807) is 0 Å². The highest BCUT2D eigenvalue weighted by molar-refractivity contribution is 9.11. The van der Waals surface area contributed by atoms with E-state index in [-0.39, 0.29) is 0 Å². The van der Waals surface area contributed by atoms with E-state index in [9.17, 15) is 0 Å². The van der Waals surface area contributed by atoms with Crippen LogP contribution in [0.3, 0.4) is 0 Å². The van der Waals surface area contributed by atoms with Crippen LogP contribution in [0.4, 0.5) is 0 Å². The molecule has 0 unspecified atom stereocenters. The summed E-state index contributed by atoms with van der Waals surface area (Å²) in [5.41, 5.74) is 0. The Kier molecular flexibility index (Phi) is 3.33. The van der Waals surface area contributed by atoms with Gasteiger partial charge in [-0.1, -0.05) is 0 Å². The number of pyridine rings is 1. The van der Waals surface area contributed by atoms with Crippen molar-refractivity contribution < 1.29 is 4.74 Å². The van der Waals surface area contributed by atoms with Crippen LogP contribution in [0.15, 0.2) is 21.3 Å². The number of nitrogens with zero attached hydrogens (tertiary/aromatic N) is 1. The van der Waals surface area contributed by atoms with Gasteiger partial charge in [0, 0.05) is 12.1 Å². The van der Waals surface area contributed by atoms with Crippen molar-refractivity contribution in [2.45, 2.75) is 6.92 Å². The molecule has 0 saturated carbocycles. The van der Waals surface area contributed by atoms with E-state index in [4.69, 9.17) is 4.74 Å². The number of ether oxygens (including phenoxy) is 1. The van der Waals surface area contributed by atoms with E-state index in [2.05, 4.69) is 36.8 Å². The van der Waals surface area contributed by atoms with Crippen molar-refractivity contribution in [1.82, 2.24) is 4.98 Å². The summed E-state index contributed by atoms with van der Waals surface area (Å²) < 4.78 is 6.81. The summed E-state index contributed by atoms with van der Waals surface area (Å²) >= 11 is 6.52. The van der Waals surface area contributed by atoms with Gasteiger partial charge in [-0.2, -0.15) is 0 Å². The fourth-order valence-electron chi connectivity index (χ4n) is 0.693. The minimum atomic E-state index is 0.670. The lowest BCUT2D eigenvalue weighted by atomic mass is 10.4. The molecule has 0 saturated heterocycles. The second-order valence-electron chi connectivity index (χ2n) is 1.88. The lowest BCUT2D eigenvalue weighted by Crippen LogP contribution is -1.91. The number of hydrogen-bond acceptors (Lipinski definition) is 2. The van der Waals surface area contributed by atoms with E-state index in [0.717, 1.165) is 15.0 Å². The standard InChI is InChI=1S/C7H7Br2NO/c1-2-11-5-3-6(8)10-7(9)4-5/h3-4H,2H2,1H3. The summed E-state index contributed by atoms with van der Waals surface area (Å²) in [6.45, 7) is 2.62. The fourth-order valence-corrected chi connectivity index (χ4v) is 1.76.